The van der Waals surface area contributed by atoms with Crippen LogP contribution in [0.3, 0.4) is 0 Å². The molecule has 82 valence electrons. The first-order valence-corrected chi connectivity index (χ1v) is 5.73. The van der Waals surface area contributed by atoms with E-state index < -0.39 is 0 Å². The summed E-state index contributed by atoms with van der Waals surface area (Å²) in [5, 5.41) is 8.62. The smallest absolute Gasteiger partial charge is 0.0612 e. The summed E-state index contributed by atoms with van der Waals surface area (Å²) in [6.07, 6.45) is 14.6. The van der Waals surface area contributed by atoms with Gasteiger partial charge in [-0.3, -0.25) is 0 Å². The maximum absolute atomic E-state index is 8.62. The quantitative estimate of drug-likeness (QED) is 0.463. The van der Waals surface area contributed by atoms with Crippen LogP contribution in [0.4, 0.5) is 0 Å². The molecule has 0 aliphatic rings. The van der Waals surface area contributed by atoms with E-state index in [1.165, 1.54) is 25.7 Å². The molecule has 1 unspecified atom stereocenters. The Morgan fingerprint density at radius 3 is 2.57 bits per heavy atom. The van der Waals surface area contributed by atoms with Gasteiger partial charge in [0.15, 0.2) is 0 Å². The Balaban J connectivity index is 3.71. The van der Waals surface area contributed by atoms with Crippen molar-refractivity contribution in [1.82, 2.24) is 0 Å². The molecule has 0 radical (unpaired) electrons. The zero-order chi connectivity index (χ0) is 10.6. The molecule has 0 aliphatic carbocycles. The van der Waals surface area contributed by atoms with Gasteiger partial charge in [-0.1, -0.05) is 50.5 Å². The average molecular weight is 196 g/mol. The van der Waals surface area contributed by atoms with E-state index in [0.29, 0.717) is 5.92 Å². The van der Waals surface area contributed by atoms with Crippen molar-refractivity contribution in [3.05, 3.63) is 24.3 Å². The molecule has 14 heavy (non-hydrogen) atoms. The van der Waals surface area contributed by atoms with Gasteiger partial charge in [-0.15, -0.1) is 0 Å². The molecule has 0 aromatic carbocycles. The van der Waals surface area contributed by atoms with Crippen molar-refractivity contribution in [2.75, 3.05) is 6.61 Å². The van der Waals surface area contributed by atoms with Crippen molar-refractivity contribution in [2.45, 2.75) is 46.0 Å². The second-order valence-electron chi connectivity index (χ2n) is 3.67. The van der Waals surface area contributed by atoms with Crippen molar-refractivity contribution in [2.24, 2.45) is 5.92 Å². The topological polar surface area (TPSA) is 20.2 Å². The predicted molar refractivity (Wildman–Crippen MR) is 63.3 cm³/mol. The third-order valence-corrected chi connectivity index (χ3v) is 2.35. The minimum absolute atomic E-state index is 0.164. The third-order valence-electron chi connectivity index (χ3n) is 2.35. The summed E-state index contributed by atoms with van der Waals surface area (Å²) in [7, 11) is 0. The van der Waals surface area contributed by atoms with E-state index in [4.69, 9.17) is 5.11 Å². The SMILES string of the molecule is CC=CC(CC=CCO)CCCCC. The van der Waals surface area contributed by atoms with Crippen molar-refractivity contribution in [1.29, 1.82) is 0 Å². The van der Waals surface area contributed by atoms with Gasteiger partial charge in [-0.05, 0) is 25.7 Å². The van der Waals surface area contributed by atoms with E-state index in [9.17, 15) is 0 Å². The lowest BCUT2D eigenvalue weighted by molar-refractivity contribution is 0.342. The second-order valence-corrected chi connectivity index (χ2v) is 3.67. The number of allylic oxidation sites excluding steroid dienone is 3. The Morgan fingerprint density at radius 2 is 2.00 bits per heavy atom. The molecule has 1 N–H and O–H groups in total. The van der Waals surface area contributed by atoms with Gasteiger partial charge in [0.1, 0.15) is 0 Å². The van der Waals surface area contributed by atoms with E-state index in [-0.39, 0.29) is 6.61 Å². The highest BCUT2D eigenvalue weighted by molar-refractivity contribution is 4.92. The molecule has 1 heteroatoms. The molecule has 1 atom stereocenters. The molecule has 0 aromatic rings. The number of aliphatic hydroxyl groups is 1. The maximum atomic E-state index is 8.62. The Labute approximate surface area is 88.5 Å². The molecular weight excluding hydrogens is 172 g/mol. The van der Waals surface area contributed by atoms with Crippen molar-refractivity contribution in [3.8, 4) is 0 Å². The molecule has 0 aliphatic heterocycles. The number of aliphatic hydroxyl groups excluding tert-OH is 1. The van der Waals surface area contributed by atoms with Crippen molar-refractivity contribution >= 4 is 0 Å². The first kappa shape index (κ1) is 13.4. The van der Waals surface area contributed by atoms with Gasteiger partial charge >= 0.3 is 0 Å². The highest BCUT2D eigenvalue weighted by Gasteiger charge is 2.01. The third kappa shape index (κ3) is 8.06. The normalized spacial score (nSPS) is 14.2. The largest absolute Gasteiger partial charge is 0.392 e. The molecule has 0 spiro atoms. The summed E-state index contributed by atoms with van der Waals surface area (Å²) in [5.41, 5.74) is 0. The summed E-state index contributed by atoms with van der Waals surface area (Å²) in [6.45, 7) is 4.47. The van der Waals surface area contributed by atoms with Gasteiger partial charge in [0.05, 0.1) is 6.61 Å². The van der Waals surface area contributed by atoms with Gasteiger partial charge < -0.3 is 5.11 Å². The molecular formula is C13H24O. The fourth-order valence-corrected chi connectivity index (χ4v) is 1.57. The summed E-state index contributed by atoms with van der Waals surface area (Å²) < 4.78 is 0. The summed E-state index contributed by atoms with van der Waals surface area (Å²) >= 11 is 0. The van der Waals surface area contributed by atoms with Gasteiger partial charge in [0, 0.05) is 0 Å². The lowest BCUT2D eigenvalue weighted by atomic mass is 9.97. The number of unbranched alkanes of at least 4 members (excludes halogenated alkanes) is 2. The maximum Gasteiger partial charge on any atom is 0.0612 e. The predicted octanol–water partition coefficient (Wildman–Crippen LogP) is 3.70. The average Bonchev–Trinajstić information content (AvgIpc) is 2.18. The van der Waals surface area contributed by atoms with Crippen LogP contribution in [0.1, 0.15) is 46.0 Å². The Hall–Kier alpha value is -0.560. The van der Waals surface area contributed by atoms with Gasteiger partial charge in [-0.25, -0.2) is 0 Å². The zero-order valence-corrected chi connectivity index (χ0v) is 9.58. The Morgan fingerprint density at radius 1 is 1.21 bits per heavy atom. The van der Waals surface area contributed by atoms with Crippen molar-refractivity contribution < 1.29 is 5.11 Å². The fraction of sp³-hybridized carbons (Fsp3) is 0.692. The van der Waals surface area contributed by atoms with Crippen LogP contribution in [0.2, 0.25) is 0 Å². The van der Waals surface area contributed by atoms with Crippen LogP contribution in [-0.2, 0) is 0 Å². The Kier molecular flexibility index (Phi) is 10.1. The second kappa shape index (κ2) is 10.5. The lowest BCUT2D eigenvalue weighted by Gasteiger charge is -2.09. The fourth-order valence-electron chi connectivity index (χ4n) is 1.57. The van der Waals surface area contributed by atoms with Crippen LogP contribution in [0.25, 0.3) is 0 Å². The Bertz CT molecular complexity index is 159. The van der Waals surface area contributed by atoms with Crippen molar-refractivity contribution in [3.63, 3.8) is 0 Å². The number of rotatable bonds is 8. The molecule has 0 bridgehead atoms. The molecule has 0 fully saturated rings. The summed E-state index contributed by atoms with van der Waals surface area (Å²) in [4.78, 5) is 0. The highest BCUT2D eigenvalue weighted by atomic mass is 16.2. The minimum Gasteiger partial charge on any atom is -0.392 e. The molecule has 0 aromatic heterocycles. The monoisotopic (exact) mass is 196 g/mol. The molecule has 0 saturated carbocycles. The van der Waals surface area contributed by atoms with E-state index in [1.807, 2.05) is 6.08 Å². The molecule has 0 amide bonds. The van der Waals surface area contributed by atoms with Crippen LogP contribution in [0.5, 0.6) is 0 Å². The first-order valence-electron chi connectivity index (χ1n) is 5.73. The zero-order valence-electron chi connectivity index (χ0n) is 9.58. The van der Waals surface area contributed by atoms with Crippen LogP contribution < -0.4 is 0 Å². The van der Waals surface area contributed by atoms with E-state index >= 15 is 0 Å². The summed E-state index contributed by atoms with van der Waals surface area (Å²) in [5.74, 6) is 0.661. The first-order chi connectivity index (χ1) is 6.85. The van der Waals surface area contributed by atoms with Crippen LogP contribution in [0, 0.1) is 5.92 Å². The van der Waals surface area contributed by atoms with Gasteiger partial charge in [0.2, 0.25) is 0 Å². The van der Waals surface area contributed by atoms with Crippen LogP contribution in [0.15, 0.2) is 24.3 Å². The standard InChI is InChI=1S/C13H24O/c1-3-5-6-10-13(9-4-2)11-7-8-12-14/h4,7-9,13-14H,3,5-6,10-12H2,1-2H3. The van der Waals surface area contributed by atoms with Crippen LogP contribution >= 0.6 is 0 Å². The molecule has 0 heterocycles. The van der Waals surface area contributed by atoms with E-state index in [0.717, 1.165) is 6.42 Å². The lowest BCUT2D eigenvalue weighted by Crippen LogP contribution is -1.95. The van der Waals surface area contributed by atoms with Gasteiger partial charge in [0.25, 0.3) is 0 Å². The number of hydrogen-bond acceptors (Lipinski definition) is 1. The summed E-state index contributed by atoms with van der Waals surface area (Å²) in [6, 6.07) is 0. The minimum atomic E-state index is 0.164. The highest BCUT2D eigenvalue weighted by Crippen LogP contribution is 2.15. The molecule has 0 saturated heterocycles. The number of hydrogen-bond donors (Lipinski definition) is 1. The van der Waals surface area contributed by atoms with Crippen LogP contribution in [-0.4, -0.2) is 11.7 Å². The van der Waals surface area contributed by atoms with E-state index in [1.54, 1.807) is 0 Å². The molecule has 1 nitrogen and oxygen atoms in total. The van der Waals surface area contributed by atoms with Gasteiger partial charge in [-0.2, -0.15) is 0 Å². The van der Waals surface area contributed by atoms with E-state index in [2.05, 4.69) is 32.1 Å². The molecule has 0 rings (SSSR count).